The number of rotatable bonds is 7. The Morgan fingerprint density at radius 3 is 2.64 bits per heavy atom. The molecule has 0 saturated heterocycles. The average molecular weight is 478 g/mol. The van der Waals surface area contributed by atoms with Crippen molar-refractivity contribution in [3.63, 3.8) is 0 Å². The van der Waals surface area contributed by atoms with Gasteiger partial charge in [-0.2, -0.15) is 5.10 Å². The maximum Gasteiger partial charge on any atom is 0.162 e. The molecule has 0 saturated carbocycles. The van der Waals surface area contributed by atoms with Crippen LogP contribution in [-0.4, -0.2) is 72.2 Å². The second kappa shape index (κ2) is 9.16. The molecule has 0 fully saturated rings. The van der Waals surface area contributed by atoms with Crippen molar-refractivity contribution in [1.82, 2.24) is 45.0 Å². The number of ether oxygens (including phenoxy) is 1. The van der Waals surface area contributed by atoms with E-state index >= 15 is 0 Å². The van der Waals surface area contributed by atoms with Crippen LogP contribution in [0.25, 0.3) is 56.1 Å². The van der Waals surface area contributed by atoms with Crippen LogP contribution >= 0.6 is 0 Å². The summed E-state index contributed by atoms with van der Waals surface area (Å²) in [5, 5.41) is 7.57. The molecule has 0 aliphatic rings. The highest BCUT2D eigenvalue weighted by Crippen LogP contribution is 2.31. The minimum absolute atomic E-state index is 0.581. The van der Waals surface area contributed by atoms with E-state index in [4.69, 9.17) is 14.7 Å². The smallest absolute Gasteiger partial charge is 0.162 e. The Morgan fingerprint density at radius 2 is 1.78 bits per heavy atom. The molecule has 0 unspecified atom stereocenters. The fourth-order valence-electron chi connectivity index (χ4n) is 4.00. The van der Waals surface area contributed by atoms with Gasteiger partial charge in [-0.1, -0.05) is 0 Å². The quantitative estimate of drug-likeness (QED) is 0.354. The first-order valence-electron chi connectivity index (χ1n) is 11.5. The van der Waals surface area contributed by atoms with Crippen molar-refractivity contribution in [3.8, 4) is 39.7 Å². The van der Waals surface area contributed by atoms with Crippen molar-refractivity contribution < 1.29 is 4.74 Å². The Kier molecular flexibility index (Phi) is 5.55. The Bertz CT molecular complexity index is 1660. The largest absolute Gasteiger partial charge is 0.491 e. The molecule has 10 heteroatoms. The van der Waals surface area contributed by atoms with Gasteiger partial charge in [-0.25, -0.2) is 15.0 Å². The second-order valence-electron chi connectivity index (χ2n) is 8.60. The van der Waals surface area contributed by atoms with Crippen LogP contribution in [0.15, 0.2) is 67.4 Å². The average Bonchev–Trinajstić information content (AvgIpc) is 3.53. The molecule has 0 aromatic carbocycles. The van der Waals surface area contributed by atoms with Gasteiger partial charge in [0.15, 0.2) is 17.2 Å². The number of nitrogens with zero attached hydrogens (tertiary/aromatic N) is 7. The maximum atomic E-state index is 5.85. The Balaban J connectivity index is 1.38. The van der Waals surface area contributed by atoms with E-state index < -0.39 is 0 Å². The molecule has 2 N–H and O–H groups in total. The standard InChI is InChI=1S/C26H23N9O/c1-35(2)11-12-36-18-13-17(14-28-15-18)20-3-4-21-23(30-20)24(34-33-21)26-31-22-19(7-10-29-25(22)32-26)16-5-8-27-9-6-16/h3-10,13-15H,11-12H2,1-2H3,(H,33,34)(H,29,31,32). The van der Waals surface area contributed by atoms with Gasteiger partial charge in [0.2, 0.25) is 0 Å². The highest BCUT2D eigenvalue weighted by Gasteiger charge is 2.17. The van der Waals surface area contributed by atoms with Crippen LogP contribution < -0.4 is 4.74 Å². The van der Waals surface area contributed by atoms with Crippen LogP contribution in [0.5, 0.6) is 5.75 Å². The molecule has 6 aromatic heterocycles. The highest BCUT2D eigenvalue weighted by molar-refractivity contribution is 5.94. The van der Waals surface area contributed by atoms with E-state index in [0.29, 0.717) is 35.0 Å². The van der Waals surface area contributed by atoms with E-state index in [1.807, 2.05) is 50.5 Å². The number of hydrogen-bond acceptors (Lipinski definition) is 8. The van der Waals surface area contributed by atoms with Crippen molar-refractivity contribution in [2.75, 3.05) is 27.2 Å². The van der Waals surface area contributed by atoms with Crippen LogP contribution in [-0.2, 0) is 0 Å². The van der Waals surface area contributed by atoms with E-state index in [0.717, 1.165) is 40.0 Å². The van der Waals surface area contributed by atoms with Crippen molar-refractivity contribution in [3.05, 3.63) is 67.4 Å². The number of aromatic amines is 2. The molecular weight excluding hydrogens is 454 g/mol. The number of pyridine rings is 4. The predicted molar refractivity (Wildman–Crippen MR) is 137 cm³/mol. The van der Waals surface area contributed by atoms with Gasteiger partial charge in [0.25, 0.3) is 0 Å². The zero-order valence-corrected chi connectivity index (χ0v) is 19.8. The molecule has 6 aromatic rings. The van der Waals surface area contributed by atoms with Crippen LogP contribution in [0.2, 0.25) is 0 Å². The molecular formula is C26H23N9O. The van der Waals surface area contributed by atoms with Gasteiger partial charge in [-0.3, -0.25) is 15.1 Å². The molecule has 0 amide bonds. The third kappa shape index (κ3) is 4.14. The van der Waals surface area contributed by atoms with Crippen LogP contribution in [0.4, 0.5) is 0 Å². The third-order valence-corrected chi connectivity index (χ3v) is 5.82. The van der Waals surface area contributed by atoms with E-state index in [1.54, 1.807) is 31.0 Å². The molecule has 36 heavy (non-hydrogen) atoms. The minimum Gasteiger partial charge on any atom is -0.491 e. The topological polar surface area (TPSA) is 121 Å². The number of fused-ring (bicyclic) bond motifs is 2. The summed E-state index contributed by atoms with van der Waals surface area (Å²) < 4.78 is 5.85. The van der Waals surface area contributed by atoms with Crippen LogP contribution in [0.1, 0.15) is 0 Å². The Morgan fingerprint density at radius 1 is 0.889 bits per heavy atom. The number of hydrogen-bond donors (Lipinski definition) is 2. The molecule has 6 heterocycles. The molecule has 10 nitrogen and oxygen atoms in total. The summed E-state index contributed by atoms with van der Waals surface area (Å²) in [6, 6.07) is 11.7. The van der Waals surface area contributed by atoms with Gasteiger partial charge in [0.05, 0.1) is 17.4 Å². The normalized spacial score (nSPS) is 11.5. The second-order valence-corrected chi connectivity index (χ2v) is 8.60. The molecule has 0 bridgehead atoms. The van der Waals surface area contributed by atoms with Gasteiger partial charge < -0.3 is 14.6 Å². The lowest BCUT2D eigenvalue weighted by Gasteiger charge is -2.11. The minimum atomic E-state index is 0.581. The van der Waals surface area contributed by atoms with E-state index in [-0.39, 0.29) is 0 Å². The van der Waals surface area contributed by atoms with Crippen LogP contribution in [0, 0.1) is 0 Å². The summed E-state index contributed by atoms with van der Waals surface area (Å²) in [6.45, 7) is 1.40. The summed E-state index contributed by atoms with van der Waals surface area (Å²) in [6.07, 6.45) is 8.78. The molecule has 178 valence electrons. The number of likely N-dealkylation sites (N-methyl/N-ethyl adjacent to an activating group) is 1. The zero-order chi connectivity index (χ0) is 24.5. The van der Waals surface area contributed by atoms with Crippen molar-refractivity contribution in [1.29, 1.82) is 0 Å². The van der Waals surface area contributed by atoms with Crippen LogP contribution in [0.3, 0.4) is 0 Å². The molecule has 0 radical (unpaired) electrons. The molecule has 0 spiro atoms. The maximum absolute atomic E-state index is 5.85. The Labute approximate surface area is 206 Å². The summed E-state index contributed by atoms with van der Waals surface area (Å²) in [5.74, 6) is 1.30. The first-order valence-corrected chi connectivity index (χ1v) is 11.5. The number of aromatic nitrogens is 8. The summed E-state index contributed by atoms with van der Waals surface area (Å²) >= 11 is 0. The van der Waals surface area contributed by atoms with Gasteiger partial charge in [-0.15, -0.1) is 0 Å². The zero-order valence-electron chi connectivity index (χ0n) is 19.8. The first-order chi connectivity index (χ1) is 17.7. The van der Waals surface area contributed by atoms with Crippen molar-refractivity contribution in [2.24, 2.45) is 0 Å². The van der Waals surface area contributed by atoms with E-state index in [1.165, 1.54) is 0 Å². The summed E-state index contributed by atoms with van der Waals surface area (Å²) in [4.78, 5) is 28.0. The van der Waals surface area contributed by atoms with Crippen molar-refractivity contribution >= 4 is 22.2 Å². The van der Waals surface area contributed by atoms with Gasteiger partial charge in [0, 0.05) is 42.5 Å². The lowest BCUT2D eigenvalue weighted by atomic mass is 10.1. The fourth-order valence-corrected chi connectivity index (χ4v) is 4.00. The van der Waals surface area contributed by atoms with E-state index in [9.17, 15) is 0 Å². The molecule has 0 aliphatic heterocycles. The molecule has 0 aliphatic carbocycles. The lowest BCUT2D eigenvalue weighted by Crippen LogP contribution is -2.19. The van der Waals surface area contributed by atoms with Gasteiger partial charge in [0.1, 0.15) is 23.4 Å². The van der Waals surface area contributed by atoms with E-state index in [2.05, 4.69) is 35.0 Å². The summed E-state index contributed by atoms with van der Waals surface area (Å²) in [5.41, 5.74) is 7.19. The SMILES string of the molecule is CN(C)CCOc1cncc(-c2ccc3[nH]nc(-c4nc5c(-c6ccncc6)ccnc5[nH]4)c3n2)c1. The summed E-state index contributed by atoms with van der Waals surface area (Å²) in [7, 11) is 4.02. The van der Waals surface area contributed by atoms with Crippen molar-refractivity contribution in [2.45, 2.75) is 0 Å². The number of nitrogens with one attached hydrogen (secondary N) is 2. The number of imidazole rings is 1. The first kappa shape index (κ1) is 21.8. The molecule has 6 rings (SSSR count). The fraction of sp³-hybridized carbons (Fsp3) is 0.154. The highest BCUT2D eigenvalue weighted by atomic mass is 16.5. The molecule has 0 atom stereocenters. The third-order valence-electron chi connectivity index (χ3n) is 5.82. The predicted octanol–water partition coefficient (Wildman–Crippen LogP) is 3.96. The monoisotopic (exact) mass is 477 g/mol. The van der Waals surface area contributed by atoms with Gasteiger partial charge >= 0.3 is 0 Å². The Hall–Kier alpha value is -4.70. The van der Waals surface area contributed by atoms with Gasteiger partial charge in [-0.05, 0) is 56.1 Å². The lowest BCUT2D eigenvalue weighted by molar-refractivity contribution is 0.261. The number of H-pyrrole nitrogens is 2.